The van der Waals surface area contributed by atoms with Gasteiger partial charge in [0.15, 0.2) is 5.11 Å². The second-order valence-corrected chi connectivity index (χ2v) is 9.24. The third-order valence-electron chi connectivity index (χ3n) is 6.65. The van der Waals surface area contributed by atoms with Crippen molar-refractivity contribution in [2.75, 3.05) is 10.2 Å². The van der Waals surface area contributed by atoms with Crippen molar-refractivity contribution in [3.05, 3.63) is 78.4 Å². The number of carbonyl (C=O) groups excluding carboxylic acids is 1. The van der Waals surface area contributed by atoms with Gasteiger partial charge in [-0.25, -0.2) is 0 Å². The predicted octanol–water partition coefficient (Wildman–Crippen LogP) is 5.52. The standard InChI is InChI=1S/C26H29N5OS/c1-18(32)28-19-12-14-21(15-13-19)31-25(24(29-26(31)33)22-10-5-6-16-27-22)23-11-7-17-30(23)20-8-3-2-4-9-20/h5-7,10-17,20,24-25H,2-4,8-9H2,1H3,(H,28,32)(H,29,33)/t24-,25+/m1/s1. The molecule has 33 heavy (non-hydrogen) atoms. The first kappa shape index (κ1) is 21.6. The van der Waals surface area contributed by atoms with E-state index in [1.807, 2.05) is 42.6 Å². The lowest BCUT2D eigenvalue weighted by Crippen LogP contribution is -2.31. The maximum Gasteiger partial charge on any atom is 0.221 e. The zero-order valence-corrected chi connectivity index (χ0v) is 19.6. The molecule has 3 aromatic rings. The monoisotopic (exact) mass is 459 g/mol. The zero-order valence-electron chi connectivity index (χ0n) is 18.8. The number of carbonyl (C=O) groups is 1. The average Bonchev–Trinajstić information content (AvgIpc) is 3.45. The third kappa shape index (κ3) is 4.37. The van der Waals surface area contributed by atoms with E-state index < -0.39 is 0 Å². The minimum atomic E-state index is -0.0838. The van der Waals surface area contributed by atoms with Crippen LogP contribution < -0.4 is 15.5 Å². The number of benzene rings is 1. The topological polar surface area (TPSA) is 62.2 Å². The van der Waals surface area contributed by atoms with E-state index >= 15 is 0 Å². The van der Waals surface area contributed by atoms with E-state index in [1.165, 1.54) is 44.7 Å². The number of pyridine rings is 1. The summed E-state index contributed by atoms with van der Waals surface area (Å²) in [6.07, 6.45) is 10.4. The minimum Gasteiger partial charge on any atom is -0.351 e. The normalized spacial score (nSPS) is 21.1. The first-order valence-electron chi connectivity index (χ1n) is 11.7. The molecule has 1 amide bonds. The van der Waals surface area contributed by atoms with E-state index in [1.54, 1.807) is 0 Å². The lowest BCUT2D eigenvalue weighted by atomic mass is 9.94. The Morgan fingerprint density at radius 2 is 1.85 bits per heavy atom. The van der Waals surface area contributed by atoms with Crippen LogP contribution in [0.3, 0.4) is 0 Å². The van der Waals surface area contributed by atoms with Crippen LogP contribution in [0.15, 0.2) is 67.0 Å². The van der Waals surface area contributed by atoms with Gasteiger partial charge in [-0.3, -0.25) is 9.78 Å². The van der Waals surface area contributed by atoms with Crippen LogP contribution in [0.2, 0.25) is 0 Å². The van der Waals surface area contributed by atoms with Gasteiger partial charge in [0.2, 0.25) is 5.91 Å². The van der Waals surface area contributed by atoms with E-state index in [-0.39, 0.29) is 18.0 Å². The Kier molecular flexibility index (Phi) is 6.13. The van der Waals surface area contributed by atoms with Gasteiger partial charge in [-0.05, 0) is 73.6 Å². The van der Waals surface area contributed by atoms with Gasteiger partial charge in [-0.2, -0.15) is 0 Å². The Bertz CT molecular complexity index is 1120. The molecule has 0 spiro atoms. The molecule has 2 aromatic heterocycles. The van der Waals surface area contributed by atoms with Crippen LogP contribution in [-0.4, -0.2) is 20.6 Å². The Balaban J connectivity index is 1.56. The summed E-state index contributed by atoms with van der Waals surface area (Å²) in [6.45, 7) is 1.51. The van der Waals surface area contributed by atoms with Crippen molar-refractivity contribution in [3.8, 4) is 0 Å². The molecule has 7 heteroatoms. The number of thiocarbonyl (C=S) groups is 1. The van der Waals surface area contributed by atoms with E-state index in [4.69, 9.17) is 12.2 Å². The molecule has 0 unspecified atom stereocenters. The molecule has 3 heterocycles. The molecule has 170 valence electrons. The summed E-state index contributed by atoms with van der Waals surface area (Å²) in [5.41, 5.74) is 3.98. The number of anilines is 2. The van der Waals surface area contributed by atoms with Crippen molar-refractivity contribution in [2.24, 2.45) is 0 Å². The molecule has 2 atom stereocenters. The van der Waals surface area contributed by atoms with Gasteiger partial charge < -0.3 is 20.1 Å². The lowest BCUT2D eigenvalue weighted by molar-refractivity contribution is -0.114. The number of aromatic nitrogens is 2. The maximum absolute atomic E-state index is 11.4. The summed E-state index contributed by atoms with van der Waals surface area (Å²) in [5.74, 6) is -0.0838. The number of nitrogens with zero attached hydrogens (tertiary/aromatic N) is 3. The van der Waals surface area contributed by atoms with E-state index in [0.29, 0.717) is 11.2 Å². The molecule has 2 aliphatic rings. The molecule has 5 rings (SSSR count). The highest BCUT2D eigenvalue weighted by atomic mass is 32.1. The second kappa shape index (κ2) is 9.35. The molecule has 0 bridgehead atoms. The van der Waals surface area contributed by atoms with Gasteiger partial charge >= 0.3 is 0 Å². The summed E-state index contributed by atoms with van der Waals surface area (Å²) in [5, 5.41) is 7.07. The largest absolute Gasteiger partial charge is 0.351 e. The van der Waals surface area contributed by atoms with Gasteiger partial charge in [0.05, 0.1) is 11.7 Å². The Morgan fingerprint density at radius 3 is 2.55 bits per heavy atom. The lowest BCUT2D eigenvalue weighted by Gasteiger charge is -2.32. The predicted molar refractivity (Wildman–Crippen MR) is 135 cm³/mol. The highest BCUT2D eigenvalue weighted by Gasteiger charge is 2.42. The SMILES string of the molecule is CC(=O)Nc1ccc(N2C(=S)N[C@H](c3ccccn3)[C@@H]2c2cccn2C2CCCCC2)cc1. The number of amides is 1. The molecule has 1 aromatic carbocycles. The highest BCUT2D eigenvalue weighted by Crippen LogP contribution is 2.43. The summed E-state index contributed by atoms with van der Waals surface area (Å²) < 4.78 is 2.47. The van der Waals surface area contributed by atoms with Crippen LogP contribution in [-0.2, 0) is 4.79 Å². The summed E-state index contributed by atoms with van der Waals surface area (Å²) >= 11 is 5.86. The minimum absolute atomic E-state index is 0.0315. The Morgan fingerprint density at radius 1 is 1.06 bits per heavy atom. The smallest absolute Gasteiger partial charge is 0.221 e. The van der Waals surface area contributed by atoms with Crippen molar-refractivity contribution < 1.29 is 4.79 Å². The molecule has 6 nitrogen and oxygen atoms in total. The molecule has 0 radical (unpaired) electrons. The number of nitrogens with one attached hydrogen (secondary N) is 2. The Labute approximate surface area is 200 Å². The molecule has 1 aliphatic heterocycles. The van der Waals surface area contributed by atoms with E-state index in [0.717, 1.165) is 17.1 Å². The van der Waals surface area contributed by atoms with Gasteiger partial charge in [-0.1, -0.05) is 25.3 Å². The number of hydrogen-bond donors (Lipinski definition) is 2. The first-order chi connectivity index (χ1) is 16.1. The molecule has 2 fully saturated rings. The van der Waals surface area contributed by atoms with Crippen LogP contribution in [0, 0.1) is 0 Å². The summed E-state index contributed by atoms with van der Waals surface area (Å²) in [6, 6.07) is 18.7. The second-order valence-electron chi connectivity index (χ2n) is 8.86. The van der Waals surface area contributed by atoms with Crippen LogP contribution in [0.5, 0.6) is 0 Å². The molecular formula is C26H29N5OS. The fourth-order valence-corrected chi connectivity index (χ4v) is 5.54. The fourth-order valence-electron chi connectivity index (χ4n) is 5.19. The molecule has 1 aliphatic carbocycles. The van der Waals surface area contributed by atoms with E-state index in [9.17, 15) is 4.79 Å². The third-order valence-corrected chi connectivity index (χ3v) is 6.96. The van der Waals surface area contributed by atoms with Gasteiger partial charge in [0.25, 0.3) is 0 Å². The van der Waals surface area contributed by atoms with Crippen molar-refractivity contribution in [2.45, 2.75) is 57.2 Å². The average molecular weight is 460 g/mol. The molecule has 1 saturated carbocycles. The summed E-state index contributed by atoms with van der Waals surface area (Å²) in [4.78, 5) is 18.3. The number of rotatable bonds is 5. The van der Waals surface area contributed by atoms with Crippen LogP contribution in [0.1, 0.15) is 68.5 Å². The van der Waals surface area contributed by atoms with Crippen molar-refractivity contribution in [3.63, 3.8) is 0 Å². The molecule has 1 saturated heterocycles. The van der Waals surface area contributed by atoms with Crippen molar-refractivity contribution in [1.29, 1.82) is 0 Å². The molecule has 2 N–H and O–H groups in total. The van der Waals surface area contributed by atoms with Crippen LogP contribution in [0.4, 0.5) is 11.4 Å². The van der Waals surface area contributed by atoms with Crippen molar-refractivity contribution in [1.82, 2.24) is 14.9 Å². The van der Waals surface area contributed by atoms with E-state index in [2.05, 4.69) is 49.5 Å². The van der Waals surface area contributed by atoms with Crippen molar-refractivity contribution >= 4 is 34.6 Å². The highest BCUT2D eigenvalue weighted by molar-refractivity contribution is 7.80. The van der Waals surface area contributed by atoms with Crippen LogP contribution in [0.25, 0.3) is 0 Å². The Hall–Kier alpha value is -3.19. The quantitative estimate of drug-likeness (QED) is 0.492. The first-order valence-corrected chi connectivity index (χ1v) is 12.1. The van der Waals surface area contributed by atoms with Crippen LogP contribution >= 0.6 is 12.2 Å². The van der Waals surface area contributed by atoms with Gasteiger partial charge in [0.1, 0.15) is 6.04 Å². The maximum atomic E-state index is 11.4. The summed E-state index contributed by atoms with van der Waals surface area (Å²) in [7, 11) is 0. The van der Waals surface area contributed by atoms with Gasteiger partial charge in [-0.15, -0.1) is 0 Å². The molecular weight excluding hydrogens is 430 g/mol. The number of hydrogen-bond acceptors (Lipinski definition) is 3. The zero-order chi connectivity index (χ0) is 22.8. The fraction of sp³-hybridized carbons (Fsp3) is 0.346. The van der Waals surface area contributed by atoms with Gasteiger partial charge in [0, 0.05) is 42.4 Å².